The van der Waals surface area contributed by atoms with Crippen LogP contribution in [0.1, 0.15) is 0 Å². The minimum atomic E-state index is 0.723. The fourth-order valence-corrected chi connectivity index (χ4v) is 2.49. The van der Waals surface area contributed by atoms with Crippen molar-refractivity contribution in [3.05, 3.63) is 36.4 Å². The van der Waals surface area contributed by atoms with Crippen molar-refractivity contribution < 1.29 is 4.74 Å². The summed E-state index contributed by atoms with van der Waals surface area (Å²) < 4.78 is 6.30. The van der Waals surface area contributed by atoms with Crippen LogP contribution in [0.5, 0.6) is 5.19 Å². The van der Waals surface area contributed by atoms with E-state index in [1.54, 1.807) is 18.4 Å². The summed E-state index contributed by atoms with van der Waals surface area (Å²) in [4.78, 5) is 4.38. The Morgan fingerprint density at radius 3 is 2.60 bits per heavy atom. The van der Waals surface area contributed by atoms with Crippen LogP contribution in [0.4, 0.5) is 0 Å². The summed E-state index contributed by atoms with van der Waals surface area (Å²) >= 11 is 1.58. The third-order valence-electron chi connectivity index (χ3n) is 2.41. The Hall–Kier alpha value is -1.61. The molecule has 3 aromatic rings. The third-order valence-corrected chi connectivity index (χ3v) is 3.39. The van der Waals surface area contributed by atoms with Gasteiger partial charge in [0.2, 0.25) is 0 Å². The first kappa shape index (κ1) is 8.68. The van der Waals surface area contributed by atoms with E-state index < -0.39 is 0 Å². The van der Waals surface area contributed by atoms with Gasteiger partial charge in [-0.3, -0.25) is 0 Å². The van der Waals surface area contributed by atoms with E-state index in [-0.39, 0.29) is 0 Å². The normalized spacial score (nSPS) is 11.0. The smallest absolute Gasteiger partial charge is 0.274 e. The highest BCUT2D eigenvalue weighted by Crippen LogP contribution is 2.30. The number of ether oxygens (including phenoxy) is 1. The first-order valence-corrected chi connectivity index (χ1v) is 5.52. The van der Waals surface area contributed by atoms with Gasteiger partial charge in [0, 0.05) is 0 Å². The molecule has 0 amide bonds. The van der Waals surface area contributed by atoms with Crippen molar-refractivity contribution in [1.29, 1.82) is 0 Å². The van der Waals surface area contributed by atoms with Crippen LogP contribution < -0.4 is 4.74 Å². The molecule has 0 N–H and O–H groups in total. The van der Waals surface area contributed by atoms with E-state index in [0.717, 1.165) is 10.7 Å². The predicted molar refractivity (Wildman–Crippen MR) is 63.7 cm³/mol. The first-order chi connectivity index (χ1) is 7.36. The van der Waals surface area contributed by atoms with Gasteiger partial charge in [0.05, 0.1) is 17.3 Å². The van der Waals surface area contributed by atoms with Crippen molar-refractivity contribution >= 4 is 32.3 Å². The van der Waals surface area contributed by atoms with Gasteiger partial charge in [0.25, 0.3) is 5.19 Å². The Bertz CT molecular complexity index is 577. The van der Waals surface area contributed by atoms with Crippen LogP contribution in [0.2, 0.25) is 0 Å². The van der Waals surface area contributed by atoms with Gasteiger partial charge in [-0.05, 0) is 22.9 Å². The molecule has 1 heterocycles. The highest BCUT2D eigenvalue weighted by atomic mass is 32.1. The average molecular weight is 215 g/mol. The maximum atomic E-state index is 5.13. The topological polar surface area (TPSA) is 22.1 Å². The Balaban J connectivity index is 2.39. The fraction of sp³-hybridized carbons (Fsp3) is 0.0833. The van der Waals surface area contributed by atoms with Crippen LogP contribution in [-0.4, -0.2) is 12.1 Å². The van der Waals surface area contributed by atoms with Crippen LogP contribution in [0.3, 0.4) is 0 Å². The molecule has 0 saturated carbocycles. The van der Waals surface area contributed by atoms with Gasteiger partial charge >= 0.3 is 0 Å². The van der Waals surface area contributed by atoms with Gasteiger partial charge < -0.3 is 4.74 Å². The minimum Gasteiger partial charge on any atom is -0.473 e. The fourth-order valence-electron chi connectivity index (χ4n) is 1.68. The van der Waals surface area contributed by atoms with Crippen LogP contribution in [0, 0.1) is 0 Å². The van der Waals surface area contributed by atoms with Crippen LogP contribution in [0.25, 0.3) is 21.0 Å². The van der Waals surface area contributed by atoms with E-state index in [4.69, 9.17) is 4.74 Å². The Morgan fingerprint density at radius 2 is 1.87 bits per heavy atom. The number of hydrogen-bond donors (Lipinski definition) is 0. The lowest BCUT2D eigenvalue weighted by Crippen LogP contribution is -1.78. The summed E-state index contributed by atoms with van der Waals surface area (Å²) in [7, 11) is 1.65. The standard InChI is InChI=1S/C12H9NOS/c1-14-12-13-10-6-8-4-2-3-5-9(8)7-11(10)15-12/h2-7H,1H3. The molecular formula is C12H9NOS. The number of fused-ring (bicyclic) bond motifs is 2. The maximum absolute atomic E-state index is 5.13. The van der Waals surface area contributed by atoms with E-state index in [0.29, 0.717) is 0 Å². The number of benzene rings is 2. The largest absolute Gasteiger partial charge is 0.473 e. The van der Waals surface area contributed by atoms with E-state index in [9.17, 15) is 0 Å². The van der Waals surface area contributed by atoms with Gasteiger partial charge in [0.1, 0.15) is 0 Å². The first-order valence-electron chi connectivity index (χ1n) is 4.70. The number of thiazole rings is 1. The lowest BCUT2D eigenvalue weighted by Gasteiger charge is -1.95. The lowest BCUT2D eigenvalue weighted by molar-refractivity contribution is 0.413. The minimum absolute atomic E-state index is 0.723. The van der Waals surface area contributed by atoms with E-state index in [1.165, 1.54) is 15.5 Å². The molecule has 1 aromatic heterocycles. The van der Waals surface area contributed by atoms with Crippen molar-refractivity contribution in [3.8, 4) is 5.19 Å². The van der Waals surface area contributed by atoms with Crippen molar-refractivity contribution in [2.24, 2.45) is 0 Å². The van der Waals surface area contributed by atoms with Crippen molar-refractivity contribution in [2.75, 3.05) is 7.11 Å². The summed E-state index contributed by atoms with van der Waals surface area (Å²) in [5.74, 6) is 0. The molecule has 0 saturated heterocycles. The van der Waals surface area contributed by atoms with Crippen LogP contribution in [0.15, 0.2) is 36.4 Å². The second kappa shape index (κ2) is 3.21. The zero-order valence-corrected chi connectivity index (χ0v) is 9.04. The quantitative estimate of drug-likeness (QED) is 0.620. The molecule has 3 rings (SSSR count). The molecule has 0 aliphatic carbocycles. The molecule has 2 aromatic carbocycles. The number of methoxy groups -OCH3 is 1. The number of hydrogen-bond acceptors (Lipinski definition) is 3. The molecule has 2 nitrogen and oxygen atoms in total. The van der Waals surface area contributed by atoms with E-state index >= 15 is 0 Å². The summed E-state index contributed by atoms with van der Waals surface area (Å²) in [6.07, 6.45) is 0. The second-order valence-corrected chi connectivity index (χ2v) is 4.34. The Labute approximate surface area is 91.1 Å². The van der Waals surface area contributed by atoms with Gasteiger partial charge in [-0.25, -0.2) is 4.98 Å². The molecule has 74 valence electrons. The Morgan fingerprint density at radius 1 is 1.13 bits per heavy atom. The summed E-state index contributed by atoms with van der Waals surface area (Å²) in [6.45, 7) is 0. The highest BCUT2D eigenvalue weighted by Gasteiger charge is 2.04. The summed E-state index contributed by atoms with van der Waals surface area (Å²) in [5.41, 5.74) is 1.01. The van der Waals surface area contributed by atoms with E-state index in [2.05, 4.69) is 29.2 Å². The SMILES string of the molecule is COc1nc2cc3ccccc3cc2s1. The summed E-state index contributed by atoms with van der Waals surface area (Å²) in [5, 5.41) is 3.19. The zero-order chi connectivity index (χ0) is 10.3. The molecule has 0 unspecified atom stereocenters. The molecule has 0 bridgehead atoms. The molecule has 0 aliphatic heterocycles. The van der Waals surface area contributed by atoms with Gasteiger partial charge in [-0.1, -0.05) is 35.6 Å². The highest BCUT2D eigenvalue weighted by molar-refractivity contribution is 7.20. The van der Waals surface area contributed by atoms with Crippen LogP contribution in [-0.2, 0) is 0 Å². The molecule has 0 atom stereocenters. The molecule has 0 spiro atoms. The maximum Gasteiger partial charge on any atom is 0.274 e. The van der Waals surface area contributed by atoms with Crippen molar-refractivity contribution in [2.45, 2.75) is 0 Å². The summed E-state index contributed by atoms with van der Waals surface area (Å²) in [6, 6.07) is 12.6. The molecule has 0 fully saturated rings. The average Bonchev–Trinajstić information content (AvgIpc) is 2.67. The Kier molecular flexibility index (Phi) is 1.86. The van der Waals surface area contributed by atoms with Crippen LogP contribution >= 0.6 is 11.3 Å². The third kappa shape index (κ3) is 1.36. The molecule has 3 heteroatoms. The van der Waals surface area contributed by atoms with Gasteiger partial charge in [0.15, 0.2) is 0 Å². The number of rotatable bonds is 1. The molecule has 0 aliphatic rings. The lowest BCUT2D eigenvalue weighted by atomic mass is 10.1. The van der Waals surface area contributed by atoms with Crippen molar-refractivity contribution in [3.63, 3.8) is 0 Å². The number of aromatic nitrogens is 1. The van der Waals surface area contributed by atoms with Crippen molar-refractivity contribution in [1.82, 2.24) is 4.98 Å². The van der Waals surface area contributed by atoms with Gasteiger partial charge in [-0.15, -0.1) is 0 Å². The predicted octanol–water partition coefficient (Wildman–Crippen LogP) is 3.46. The number of nitrogens with zero attached hydrogens (tertiary/aromatic N) is 1. The second-order valence-electron chi connectivity index (χ2n) is 3.35. The monoisotopic (exact) mass is 215 g/mol. The zero-order valence-electron chi connectivity index (χ0n) is 8.23. The molecule has 0 radical (unpaired) electrons. The molecular weight excluding hydrogens is 206 g/mol. The van der Waals surface area contributed by atoms with E-state index in [1.807, 2.05) is 12.1 Å². The molecule has 15 heavy (non-hydrogen) atoms. The van der Waals surface area contributed by atoms with Gasteiger partial charge in [-0.2, -0.15) is 0 Å².